The van der Waals surface area contributed by atoms with Gasteiger partial charge in [-0.25, -0.2) is 14.2 Å². The molecule has 15 heteroatoms. The SMILES string of the molecule is CCC(=O)N[C@H]1C[C@@H](n2cnc3c(NCC(c4ccccc4)c4ccc(F)cc4)nc(N4CC[C@@H](NC(=O)N[C@@H]5CCNC5)C4)nc32)[C@H](O)[C@@H]1O. The van der Waals surface area contributed by atoms with Gasteiger partial charge in [-0.1, -0.05) is 49.4 Å². The maximum absolute atomic E-state index is 13.9. The van der Waals surface area contributed by atoms with Crippen molar-refractivity contribution in [1.29, 1.82) is 0 Å². The first-order valence-electron chi connectivity index (χ1n) is 17.7. The summed E-state index contributed by atoms with van der Waals surface area (Å²) >= 11 is 0. The lowest BCUT2D eigenvalue weighted by Gasteiger charge is -2.22. The van der Waals surface area contributed by atoms with E-state index in [4.69, 9.17) is 9.97 Å². The predicted molar refractivity (Wildman–Crippen MR) is 190 cm³/mol. The van der Waals surface area contributed by atoms with Gasteiger partial charge in [-0.3, -0.25) is 4.79 Å². The number of nitrogens with one attached hydrogen (secondary N) is 5. The molecule has 3 aliphatic rings. The maximum Gasteiger partial charge on any atom is 0.315 e. The average molecular weight is 701 g/mol. The van der Waals surface area contributed by atoms with Crippen molar-refractivity contribution in [3.05, 3.63) is 77.9 Å². The minimum Gasteiger partial charge on any atom is -0.388 e. The summed E-state index contributed by atoms with van der Waals surface area (Å²) in [7, 11) is 0. The molecule has 0 bridgehead atoms. The summed E-state index contributed by atoms with van der Waals surface area (Å²) in [6, 6.07) is 15.0. The zero-order valence-electron chi connectivity index (χ0n) is 28.5. The summed E-state index contributed by atoms with van der Waals surface area (Å²) in [6.45, 7) is 4.88. The number of rotatable bonds is 11. The molecule has 1 unspecified atom stereocenters. The van der Waals surface area contributed by atoms with Gasteiger partial charge in [-0.2, -0.15) is 9.97 Å². The molecule has 2 aromatic heterocycles. The topological polar surface area (TPSA) is 182 Å². The quantitative estimate of drug-likeness (QED) is 0.122. The maximum atomic E-state index is 13.9. The third-order valence-electron chi connectivity index (χ3n) is 10.2. The summed E-state index contributed by atoms with van der Waals surface area (Å²) in [6.07, 6.45) is 1.39. The van der Waals surface area contributed by atoms with E-state index in [1.54, 1.807) is 30.0 Å². The second-order valence-electron chi connectivity index (χ2n) is 13.6. The van der Waals surface area contributed by atoms with E-state index in [0.29, 0.717) is 49.0 Å². The number of aliphatic hydroxyl groups is 2. The Kier molecular flexibility index (Phi) is 10.3. The van der Waals surface area contributed by atoms with E-state index in [1.165, 1.54) is 12.1 Å². The highest BCUT2D eigenvalue weighted by Crippen LogP contribution is 2.35. The van der Waals surface area contributed by atoms with Crippen molar-refractivity contribution >= 4 is 34.9 Å². The Bertz CT molecular complexity index is 1820. The summed E-state index contributed by atoms with van der Waals surface area (Å²) in [5.74, 6) is 0.236. The summed E-state index contributed by atoms with van der Waals surface area (Å²) in [4.78, 5) is 41.5. The van der Waals surface area contributed by atoms with Crippen molar-refractivity contribution in [2.45, 2.75) is 74.9 Å². The number of carbonyl (C=O) groups excluding carboxylic acids is 2. The van der Waals surface area contributed by atoms with Crippen LogP contribution in [0.15, 0.2) is 60.9 Å². The van der Waals surface area contributed by atoms with Gasteiger partial charge in [-0.15, -0.1) is 0 Å². The van der Waals surface area contributed by atoms with Gasteiger partial charge in [0.1, 0.15) is 18.0 Å². The highest BCUT2D eigenvalue weighted by Gasteiger charge is 2.44. The van der Waals surface area contributed by atoms with E-state index in [-0.39, 0.29) is 48.6 Å². The van der Waals surface area contributed by atoms with Crippen LogP contribution in [0.5, 0.6) is 0 Å². The van der Waals surface area contributed by atoms with E-state index < -0.39 is 24.3 Å². The van der Waals surface area contributed by atoms with Crippen LogP contribution in [0, 0.1) is 5.82 Å². The lowest BCUT2D eigenvalue weighted by Crippen LogP contribution is -2.47. The van der Waals surface area contributed by atoms with Gasteiger partial charge in [0.15, 0.2) is 17.0 Å². The van der Waals surface area contributed by atoms with Crippen LogP contribution >= 0.6 is 0 Å². The van der Waals surface area contributed by atoms with Crippen LogP contribution in [0.25, 0.3) is 11.2 Å². The number of carbonyl (C=O) groups is 2. The van der Waals surface area contributed by atoms with Gasteiger partial charge in [0.05, 0.1) is 18.4 Å². The molecule has 2 saturated heterocycles. The molecule has 270 valence electrons. The van der Waals surface area contributed by atoms with Crippen LogP contribution in [-0.4, -0.2) is 105 Å². The molecule has 0 radical (unpaired) electrons. The Balaban J connectivity index is 1.19. The van der Waals surface area contributed by atoms with Crippen molar-refractivity contribution in [3.63, 3.8) is 0 Å². The van der Waals surface area contributed by atoms with E-state index >= 15 is 0 Å². The lowest BCUT2D eigenvalue weighted by molar-refractivity contribution is -0.122. The van der Waals surface area contributed by atoms with Gasteiger partial charge in [0.2, 0.25) is 11.9 Å². The van der Waals surface area contributed by atoms with Crippen LogP contribution in [0.1, 0.15) is 55.7 Å². The number of nitrogens with zero attached hydrogens (tertiary/aromatic N) is 5. The Hall–Kier alpha value is -4.86. The number of hydrogen-bond acceptors (Lipinski definition) is 10. The number of amides is 3. The first kappa shape index (κ1) is 34.6. The molecule has 4 aromatic rings. The average Bonchev–Trinajstić information content (AvgIpc) is 3.96. The number of urea groups is 1. The number of fused-ring (bicyclic) bond motifs is 1. The first-order valence-corrected chi connectivity index (χ1v) is 17.7. The van der Waals surface area contributed by atoms with Crippen LogP contribution < -0.4 is 31.5 Å². The zero-order chi connectivity index (χ0) is 35.5. The van der Waals surface area contributed by atoms with Gasteiger partial charge >= 0.3 is 6.03 Å². The number of halogens is 1. The van der Waals surface area contributed by atoms with E-state index in [1.807, 2.05) is 35.2 Å². The van der Waals surface area contributed by atoms with E-state index in [2.05, 4.69) is 31.6 Å². The molecule has 14 nitrogen and oxygen atoms in total. The fraction of sp³-hybridized carbons (Fsp3) is 0.472. The van der Waals surface area contributed by atoms with Crippen molar-refractivity contribution in [1.82, 2.24) is 40.8 Å². The third kappa shape index (κ3) is 7.60. The standard InChI is InChI=1S/C36H45FN10O4/c1-2-29(48)43-27-16-28(32(50)31(27)49)47-20-40-30-33(39-18-26(21-6-4-3-5-7-21)22-8-10-23(37)11-9-22)44-35(45-34(30)47)46-15-13-25(19-46)42-36(51)41-24-12-14-38-17-24/h3-11,20,24-28,31-32,38,49-50H,2,12-19H2,1H3,(H,43,48)(H,39,44,45)(H2,41,42,51)/t24-,25-,26?,27+,28-,31-,32+/m1/s1. The molecule has 7 rings (SSSR count). The molecule has 1 saturated carbocycles. The smallest absolute Gasteiger partial charge is 0.315 e. The van der Waals surface area contributed by atoms with E-state index in [9.17, 15) is 24.2 Å². The van der Waals surface area contributed by atoms with Crippen molar-refractivity contribution in [2.24, 2.45) is 0 Å². The van der Waals surface area contributed by atoms with Gasteiger partial charge in [0.25, 0.3) is 0 Å². The summed E-state index contributed by atoms with van der Waals surface area (Å²) in [5.41, 5.74) is 2.90. The number of imidazole rings is 1. The molecule has 4 heterocycles. The number of aliphatic hydroxyl groups excluding tert-OH is 2. The van der Waals surface area contributed by atoms with Gasteiger partial charge in [0, 0.05) is 50.6 Å². The molecule has 7 N–H and O–H groups in total. The van der Waals surface area contributed by atoms with Crippen molar-refractivity contribution in [3.8, 4) is 0 Å². The van der Waals surface area contributed by atoms with Crippen LogP contribution in [0.4, 0.5) is 21.0 Å². The van der Waals surface area contributed by atoms with Crippen molar-refractivity contribution in [2.75, 3.05) is 42.9 Å². The number of anilines is 2. The van der Waals surface area contributed by atoms with Crippen LogP contribution in [0.2, 0.25) is 0 Å². The lowest BCUT2D eigenvalue weighted by atomic mass is 9.91. The Morgan fingerprint density at radius 1 is 0.980 bits per heavy atom. The molecular formula is C36H45FN10O4. The second kappa shape index (κ2) is 15.2. The molecule has 7 atom stereocenters. The number of aromatic nitrogens is 4. The molecule has 2 aromatic carbocycles. The van der Waals surface area contributed by atoms with Crippen LogP contribution in [-0.2, 0) is 4.79 Å². The fourth-order valence-electron chi connectivity index (χ4n) is 7.41. The third-order valence-corrected chi connectivity index (χ3v) is 10.2. The molecular weight excluding hydrogens is 655 g/mol. The van der Waals surface area contributed by atoms with Crippen LogP contribution in [0.3, 0.4) is 0 Å². The second-order valence-corrected chi connectivity index (χ2v) is 13.6. The molecule has 3 amide bonds. The number of benzene rings is 2. The van der Waals surface area contributed by atoms with Gasteiger partial charge in [-0.05, 0) is 49.1 Å². The minimum atomic E-state index is -1.17. The molecule has 3 fully saturated rings. The summed E-state index contributed by atoms with van der Waals surface area (Å²) in [5, 5.41) is 37.8. The highest BCUT2D eigenvalue weighted by atomic mass is 19.1. The minimum absolute atomic E-state index is 0.108. The number of hydrogen-bond donors (Lipinski definition) is 7. The van der Waals surface area contributed by atoms with Gasteiger partial charge < -0.3 is 46.3 Å². The monoisotopic (exact) mass is 700 g/mol. The normalized spacial score (nSPS) is 25.2. The zero-order valence-corrected chi connectivity index (χ0v) is 28.5. The van der Waals surface area contributed by atoms with Crippen molar-refractivity contribution < 1.29 is 24.2 Å². The highest BCUT2D eigenvalue weighted by molar-refractivity contribution is 5.85. The summed E-state index contributed by atoms with van der Waals surface area (Å²) < 4.78 is 15.7. The molecule has 51 heavy (non-hydrogen) atoms. The Morgan fingerprint density at radius 2 is 1.75 bits per heavy atom. The largest absolute Gasteiger partial charge is 0.388 e. The predicted octanol–water partition coefficient (Wildman–Crippen LogP) is 2.01. The molecule has 1 aliphatic carbocycles. The first-order chi connectivity index (χ1) is 24.8. The Labute approximate surface area is 295 Å². The molecule has 0 spiro atoms. The Morgan fingerprint density at radius 3 is 2.49 bits per heavy atom. The fourth-order valence-corrected chi connectivity index (χ4v) is 7.41. The van der Waals surface area contributed by atoms with E-state index in [0.717, 1.165) is 30.6 Å². The molecule has 2 aliphatic heterocycles.